The van der Waals surface area contributed by atoms with E-state index < -0.39 is 0 Å². The summed E-state index contributed by atoms with van der Waals surface area (Å²) >= 11 is 2.75. The van der Waals surface area contributed by atoms with Gasteiger partial charge in [0.1, 0.15) is 5.51 Å². The van der Waals surface area contributed by atoms with Gasteiger partial charge in [-0.1, -0.05) is 65.6 Å². The molecule has 2 aromatic carbocycles. The predicted octanol–water partition coefficient (Wildman–Crippen LogP) is 3.89. The lowest BCUT2D eigenvalue weighted by atomic mass is 10.0. The van der Waals surface area contributed by atoms with Crippen LogP contribution < -0.4 is 5.32 Å². The highest BCUT2D eigenvalue weighted by Crippen LogP contribution is 2.25. The van der Waals surface area contributed by atoms with Crippen molar-refractivity contribution in [3.8, 4) is 0 Å². The van der Waals surface area contributed by atoms with Gasteiger partial charge < -0.3 is 5.32 Å². The number of ketones is 1. The second-order valence-electron chi connectivity index (χ2n) is 5.23. The van der Waals surface area contributed by atoms with E-state index in [2.05, 4.69) is 15.5 Å². The van der Waals surface area contributed by atoms with Crippen LogP contribution in [0.5, 0.6) is 0 Å². The molecule has 0 aliphatic carbocycles. The lowest BCUT2D eigenvalue weighted by Crippen LogP contribution is -2.22. The van der Waals surface area contributed by atoms with Gasteiger partial charge in [-0.2, -0.15) is 0 Å². The average Bonchev–Trinajstić information content (AvgIpc) is 3.15. The van der Waals surface area contributed by atoms with Gasteiger partial charge in [-0.15, -0.1) is 10.2 Å². The quantitative estimate of drug-likeness (QED) is 0.527. The number of thioether (sulfide) groups is 1. The Morgan fingerprint density at radius 3 is 2.56 bits per heavy atom. The molecular weight excluding hydrogens is 354 g/mol. The van der Waals surface area contributed by atoms with Crippen LogP contribution in [0.3, 0.4) is 0 Å². The highest BCUT2D eigenvalue weighted by atomic mass is 32.2. The average molecular weight is 369 g/mol. The summed E-state index contributed by atoms with van der Waals surface area (Å²) in [6.45, 7) is 1.81. The number of nitrogens with one attached hydrogen (secondary N) is 1. The van der Waals surface area contributed by atoms with E-state index in [1.807, 2.05) is 18.2 Å². The lowest BCUT2D eigenvalue weighted by molar-refractivity contribution is -0.115. The van der Waals surface area contributed by atoms with Gasteiger partial charge in [0.05, 0.1) is 5.25 Å². The Balaban J connectivity index is 1.69. The van der Waals surface area contributed by atoms with Gasteiger partial charge in [-0.3, -0.25) is 9.59 Å². The Bertz CT molecular complexity index is 867. The summed E-state index contributed by atoms with van der Waals surface area (Å²) in [5.74, 6) is -0.225. The predicted molar refractivity (Wildman–Crippen MR) is 100 cm³/mol. The first kappa shape index (κ1) is 17.3. The number of hydrogen-bond acceptors (Lipinski definition) is 6. The van der Waals surface area contributed by atoms with Crippen molar-refractivity contribution < 1.29 is 9.59 Å². The third-order valence-electron chi connectivity index (χ3n) is 3.42. The largest absolute Gasteiger partial charge is 0.325 e. The number of benzene rings is 2. The normalized spacial score (nSPS) is 11.7. The zero-order valence-corrected chi connectivity index (χ0v) is 15.0. The second kappa shape index (κ2) is 8.04. The van der Waals surface area contributed by atoms with E-state index in [1.54, 1.807) is 48.8 Å². The maximum atomic E-state index is 12.5. The summed E-state index contributed by atoms with van der Waals surface area (Å²) < 4.78 is 0.746. The molecule has 0 bridgehead atoms. The molecule has 0 spiro atoms. The maximum Gasteiger partial charge on any atom is 0.237 e. The molecule has 5 nitrogen and oxygen atoms in total. The summed E-state index contributed by atoms with van der Waals surface area (Å²) in [5.41, 5.74) is 3.38. The molecule has 1 unspecified atom stereocenters. The van der Waals surface area contributed by atoms with Gasteiger partial charge in [0, 0.05) is 16.8 Å². The first-order valence-corrected chi connectivity index (χ1v) is 9.33. The van der Waals surface area contributed by atoms with Crippen LogP contribution in [0.25, 0.3) is 0 Å². The van der Waals surface area contributed by atoms with E-state index in [-0.39, 0.29) is 16.9 Å². The summed E-state index contributed by atoms with van der Waals surface area (Å²) in [5, 5.41) is 10.2. The topological polar surface area (TPSA) is 72.0 Å². The fourth-order valence-corrected chi connectivity index (χ4v) is 3.78. The molecule has 0 fully saturated rings. The minimum atomic E-state index is -0.318. The zero-order valence-electron chi connectivity index (χ0n) is 13.4. The smallest absolute Gasteiger partial charge is 0.237 e. The van der Waals surface area contributed by atoms with Crippen molar-refractivity contribution in [1.29, 1.82) is 0 Å². The fourth-order valence-electron chi connectivity index (χ4n) is 2.16. The molecule has 0 aliphatic rings. The Kier molecular flexibility index (Phi) is 5.57. The Hall–Kier alpha value is -2.51. The number of anilines is 1. The molecule has 1 aromatic heterocycles. The number of hydrogen-bond donors (Lipinski definition) is 1. The molecule has 7 heteroatoms. The van der Waals surface area contributed by atoms with E-state index in [9.17, 15) is 9.59 Å². The van der Waals surface area contributed by atoms with Crippen molar-refractivity contribution >= 4 is 40.5 Å². The summed E-state index contributed by atoms with van der Waals surface area (Å²) in [7, 11) is 0. The third-order valence-corrected chi connectivity index (χ3v) is 5.33. The van der Waals surface area contributed by atoms with Crippen LogP contribution in [0.1, 0.15) is 22.8 Å². The number of aromatic nitrogens is 2. The van der Waals surface area contributed by atoms with Crippen LogP contribution >= 0.6 is 23.1 Å². The van der Waals surface area contributed by atoms with Crippen molar-refractivity contribution in [2.24, 2.45) is 0 Å². The molecule has 3 aromatic rings. The fraction of sp³-hybridized carbons (Fsp3) is 0.111. The lowest BCUT2D eigenvalue weighted by Gasteiger charge is -2.11. The van der Waals surface area contributed by atoms with Crippen molar-refractivity contribution in [2.75, 3.05) is 5.32 Å². The molecular formula is C18H15N3O2S2. The van der Waals surface area contributed by atoms with E-state index in [4.69, 9.17) is 0 Å². The van der Waals surface area contributed by atoms with Crippen LogP contribution in [0, 0.1) is 0 Å². The molecule has 1 heterocycles. The Labute approximate surface area is 153 Å². The number of carbonyl (C=O) groups is 2. The highest BCUT2D eigenvalue weighted by molar-refractivity contribution is 8.02. The summed E-state index contributed by atoms with van der Waals surface area (Å²) in [6.07, 6.45) is 0. The van der Waals surface area contributed by atoms with Crippen LogP contribution in [-0.4, -0.2) is 27.1 Å². The highest BCUT2D eigenvalue weighted by Gasteiger charge is 2.17. The van der Waals surface area contributed by atoms with E-state index >= 15 is 0 Å². The first-order chi connectivity index (χ1) is 12.1. The summed E-state index contributed by atoms with van der Waals surface area (Å²) in [6, 6.07) is 16.0. The van der Waals surface area contributed by atoms with E-state index in [0.29, 0.717) is 16.8 Å². The Morgan fingerprint density at radius 1 is 1.08 bits per heavy atom. The first-order valence-electron chi connectivity index (χ1n) is 7.57. The van der Waals surface area contributed by atoms with Crippen LogP contribution in [0.15, 0.2) is 64.4 Å². The molecule has 1 atom stereocenters. The van der Waals surface area contributed by atoms with Gasteiger partial charge in [0.15, 0.2) is 10.1 Å². The molecule has 126 valence electrons. The van der Waals surface area contributed by atoms with Gasteiger partial charge in [0.25, 0.3) is 0 Å². The number of rotatable bonds is 6. The van der Waals surface area contributed by atoms with Crippen molar-refractivity contribution in [2.45, 2.75) is 16.5 Å². The standard InChI is InChI=1S/C18H15N3O2S2/c1-12(25-18-21-19-11-24-18)17(23)20-15-9-5-8-14(10-15)16(22)13-6-3-2-4-7-13/h2-12H,1H3,(H,20,23). The van der Waals surface area contributed by atoms with E-state index in [0.717, 1.165) is 4.34 Å². The molecule has 0 saturated heterocycles. The monoisotopic (exact) mass is 369 g/mol. The van der Waals surface area contributed by atoms with Crippen molar-refractivity contribution in [1.82, 2.24) is 10.2 Å². The van der Waals surface area contributed by atoms with Gasteiger partial charge in [-0.25, -0.2) is 0 Å². The van der Waals surface area contributed by atoms with Crippen LogP contribution in [0.2, 0.25) is 0 Å². The van der Waals surface area contributed by atoms with Crippen LogP contribution in [0.4, 0.5) is 5.69 Å². The van der Waals surface area contributed by atoms with Crippen LogP contribution in [-0.2, 0) is 4.79 Å². The van der Waals surface area contributed by atoms with Gasteiger partial charge >= 0.3 is 0 Å². The number of amides is 1. The molecule has 0 saturated carbocycles. The molecule has 25 heavy (non-hydrogen) atoms. The summed E-state index contributed by atoms with van der Waals surface area (Å²) in [4.78, 5) is 24.8. The maximum absolute atomic E-state index is 12.5. The van der Waals surface area contributed by atoms with Gasteiger partial charge in [-0.05, 0) is 19.1 Å². The molecule has 3 rings (SSSR count). The molecule has 0 aliphatic heterocycles. The second-order valence-corrected chi connectivity index (χ2v) is 7.65. The SMILES string of the molecule is CC(Sc1nncs1)C(=O)Nc1cccc(C(=O)c2ccccc2)c1. The molecule has 1 N–H and O–H groups in total. The molecule has 0 radical (unpaired) electrons. The number of nitrogens with zero attached hydrogens (tertiary/aromatic N) is 2. The van der Waals surface area contributed by atoms with Gasteiger partial charge in [0.2, 0.25) is 5.91 Å². The molecule has 1 amide bonds. The van der Waals surface area contributed by atoms with E-state index in [1.165, 1.54) is 23.1 Å². The number of carbonyl (C=O) groups excluding carboxylic acids is 2. The third kappa shape index (κ3) is 4.52. The minimum Gasteiger partial charge on any atom is -0.325 e. The zero-order chi connectivity index (χ0) is 17.6. The van der Waals surface area contributed by atoms with Crippen molar-refractivity contribution in [3.63, 3.8) is 0 Å². The van der Waals surface area contributed by atoms with Crippen molar-refractivity contribution in [3.05, 3.63) is 71.2 Å². The Morgan fingerprint density at radius 2 is 1.84 bits per heavy atom. The minimum absolute atomic E-state index is 0.0759.